The number of aliphatic hydroxyl groups excluding tert-OH is 1. The number of Topliss-reactive ketones (excluding diaryl/α,β-unsaturated/α-hetero) is 2. The van der Waals surface area contributed by atoms with Gasteiger partial charge in [0.1, 0.15) is 11.3 Å². The molecular weight excluding hydrogens is 200 g/mol. The smallest absolute Gasteiger partial charge is 0.379 e. The molecule has 0 saturated heterocycles. The Kier molecular flexibility index (Phi) is 3.60. The van der Waals surface area contributed by atoms with Crippen molar-refractivity contribution >= 4 is 17.5 Å². The molecule has 0 radical (unpaired) electrons. The second kappa shape index (κ2) is 4.72. The molecule has 1 aliphatic rings. The molecule has 0 aromatic rings. The van der Waals surface area contributed by atoms with Gasteiger partial charge in [0.25, 0.3) is 5.78 Å². The summed E-state index contributed by atoms with van der Waals surface area (Å²) < 4.78 is 4.47. The Bertz CT molecular complexity index is 340. The topological polar surface area (TPSA) is 80.7 Å². The quantitative estimate of drug-likeness (QED) is 0.422. The third kappa shape index (κ3) is 2.43. The molecule has 82 valence electrons. The lowest BCUT2D eigenvalue weighted by Crippen LogP contribution is -2.27. The lowest BCUT2D eigenvalue weighted by molar-refractivity contribution is -0.152. The van der Waals surface area contributed by atoms with Crippen LogP contribution < -0.4 is 0 Å². The molecule has 15 heavy (non-hydrogen) atoms. The standard InChI is InChI=1S/C10H12O5/c1-2-15-10(14)9(13)8-6(11)4-3-5-7(8)12/h11H,2-5H2,1H3. The maximum atomic E-state index is 11.4. The van der Waals surface area contributed by atoms with Crippen molar-refractivity contribution in [1.82, 2.24) is 0 Å². The van der Waals surface area contributed by atoms with Gasteiger partial charge in [0.15, 0.2) is 5.78 Å². The van der Waals surface area contributed by atoms with Crippen molar-refractivity contribution < 1.29 is 24.2 Å². The van der Waals surface area contributed by atoms with Crippen molar-refractivity contribution in [3.05, 3.63) is 11.3 Å². The van der Waals surface area contributed by atoms with Crippen LogP contribution in [0, 0.1) is 0 Å². The molecule has 0 fully saturated rings. The lowest BCUT2D eigenvalue weighted by Gasteiger charge is -2.12. The van der Waals surface area contributed by atoms with Crippen LogP contribution >= 0.6 is 0 Å². The molecule has 0 unspecified atom stereocenters. The summed E-state index contributed by atoms with van der Waals surface area (Å²) in [7, 11) is 0. The fourth-order valence-corrected chi connectivity index (χ4v) is 1.38. The number of ketones is 2. The van der Waals surface area contributed by atoms with Gasteiger partial charge in [0.2, 0.25) is 0 Å². The maximum absolute atomic E-state index is 11.4. The van der Waals surface area contributed by atoms with Gasteiger partial charge in [-0.3, -0.25) is 9.59 Å². The molecule has 0 heterocycles. The van der Waals surface area contributed by atoms with Crippen LogP contribution in [0.1, 0.15) is 26.2 Å². The normalized spacial score (nSPS) is 16.5. The molecular formula is C10H12O5. The van der Waals surface area contributed by atoms with E-state index in [1.54, 1.807) is 6.92 Å². The zero-order valence-electron chi connectivity index (χ0n) is 8.41. The highest BCUT2D eigenvalue weighted by Gasteiger charge is 2.31. The van der Waals surface area contributed by atoms with E-state index in [9.17, 15) is 19.5 Å². The zero-order valence-corrected chi connectivity index (χ0v) is 8.41. The Morgan fingerprint density at radius 3 is 2.60 bits per heavy atom. The monoisotopic (exact) mass is 212 g/mol. The summed E-state index contributed by atoms with van der Waals surface area (Å²) >= 11 is 0. The van der Waals surface area contributed by atoms with Gasteiger partial charge in [-0.2, -0.15) is 0 Å². The second-order valence-corrected chi connectivity index (χ2v) is 3.15. The Morgan fingerprint density at radius 2 is 2.07 bits per heavy atom. The summed E-state index contributed by atoms with van der Waals surface area (Å²) in [6, 6.07) is 0. The lowest BCUT2D eigenvalue weighted by atomic mass is 9.93. The van der Waals surface area contributed by atoms with Crippen LogP contribution in [0.3, 0.4) is 0 Å². The van der Waals surface area contributed by atoms with E-state index in [-0.39, 0.29) is 25.2 Å². The molecule has 1 rings (SSSR count). The Labute approximate surface area is 86.7 Å². The summed E-state index contributed by atoms with van der Waals surface area (Å²) in [5.74, 6) is -2.92. The Morgan fingerprint density at radius 1 is 1.40 bits per heavy atom. The van der Waals surface area contributed by atoms with Crippen LogP contribution in [0.4, 0.5) is 0 Å². The van der Waals surface area contributed by atoms with E-state index in [1.165, 1.54) is 0 Å². The first-order valence-electron chi connectivity index (χ1n) is 4.74. The highest BCUT2D eigenvalue weighted by Crippen LogP contribution is 2.20. The van der Waals surface area contributed by atoms with Gasteiger partial charge in [-0.1, -0.05) is 0 Å². The first-order chi connectivity index (χ1) is 7.07. The Balaban J connectivity index is 2.90. The van der Waals surface area contributed by atoms with Gasteiger partial charge in [0.05, 0.1) is 6.61 Å². The van der Waals surface area contributed by atoms with E-state index in [2.05, 4.69) is 4.74 Å². The van der Waals surface area contributed by atoms with Crippen LogP contribution in [0.2, 0.25) is 0 Å². The van der Waals surface area contributed by atoms with Gasteiger partial charge >= 0.3 is 5.97 Å². The van der Waals surface area contributed by atoms with E-state index < -0.39 is 23.1 Å². The molecule has 0 saturated carbocycles. The highest BCUT2D eigenvalue weighted by atomic mass is 16.5. The van der Waals surface area contributed by atoms with Gasteiger partial charge in [-0.05, 0) is 13.3 Å². The Hall–Kier alpha value is -1.65. The number of allylic oxidation sites excluding steroid dienone is 1. The minimum atomic E-state index is -1.09. The predicted octanol–water partition coefficient (Wildman–Crippen LogP) is 0.684. The molecule has 5 heteroatoms. The van der Waals surface area contributed by atoms with Crippen molar-refractivity contribution in [2.45, 2.75) is 26.2 Å². The average Bonchev–Trinajstić information content (AvgIpc) is 2.17. The first kappa shape index (κ1) is 11.4. The fourth-order valence-electron chi connectivity index (χ4n) is 1.38. The molecule has 0 bridgehead atoms. The first-order valence-corrected chi connectivity index (χ1v) is 4.74. The third-order valence-corrected chi connectivity index (χ3v) is 2.07. The van der Waals surface area contributed by atoms with Crippen LogP contribution in [-0.4, -0.2) is 29.2 Å². The third-order valence-electron chi connectivity index (χ3n) is 2.07. The average molecular weight is 212 g/mol. The van der Waals surface area contributed by atoms with E-state index in [4.69, 9.17) is 0 Å². The van der Waals surface area contributed by atoms with Gasteiger partial charge in [-0.15, -0.1) is 0 Å². The van der Waals surface area contributed by atoms with Crippen molar-refractivity contribution in [2.24, 2.45) is 0 Å². The number of esters is 1. The zero-order chi connectivity index (χ0) is 11.4. The van der Waals surface area contributed by atoms with Gasteiger partial charge < -0.3 is 9.84 Å². The predicted molar refractivity (Wildman–Crippen MR) is 50.2 cm³/mol. The maximum Gasteiger partial charge on any atom is 0.379 e. The second-order valence-electron chi connectivity index (χ2n) is 3.15. The number of hydrogen-bond acceptors (Lipinski definition) is 5. The van der Waals surface area contributed by atoms with E-state index >= 15 is 0 Å². The molecule has 5 nitrogen and oxygen atoms in total. The number of ether oxygens (including phenoxy) is 1. The molecule has 0 amide bonds. The molecule has 1 N–H and O–H groups in total. The minimum absolute atomic E-state index is 0.0623. The van der Waals surface area contributed by atoms with Crippen molar-refractivity contribution in [2.75, 3.05) is 6.61 Å². The number of carbonyl (C=O) groups is 3. The van der Waals surface area contributed by atoms with Crippen LogP contribution in [-0.2, 0) is 19.1 Å². The number of hydrogen-bond donors (Lipinski definition) is 1. The highest BCUT2D eigenvalue weighted by molar-refractivity contribution is 6.47. The molecule has 0 spiro atoms. The van der Waals surface area contributed by atoms with Gasteiger partial charge in [-0.25, -0.2) is 4.79 Å². The van der Waals surface area contributed by atoms with E-state index in [0.717, 1.165) is 0 Å². The molecule has 0 atom stereocenters. The van der Waals surface area contributed by atoms with Crippen LogP contribution in [0.15, 0.2) is 11.3 Å². The minimum Gasteiger partial charge on any atom is -0.511 e. The summed E-state index contributed by atoms with van der Waals surface area (Å²) in [5, 5.41) is 9.36. The van der Waals surface area contributed by atoms with Crippen LogP contribution in [0.25, 0.3) is 0 Å². The van der Waals surface area contributed by atoms with E-state index in [1.807, 2.05) is 0 Å². The van der Waals surface area contributed by atoms with Gasteiger partial charge in [0, 0.05) is 12.8 Å². The molecule has 0 aromatic heterocycles. The van der Waals surface area contributed by atoms with Crippen molar-refractivity contribution in [3.8, 4) is 0 Å². The summed E-state index contributed by atoms with van der Waals surface area (Å²) in [5.41, 5.74) is -0.403. The largest absolute Gasteiger partial charge is 0.511 e. The fraction of sp³-hybridized carbons (Fsp3) is 0.500. The SMILES string of the molecule is CCOC(=O)C(=O)C1=C(O)CCCC1=O. The van der Waals surface area contributed by atoms with Crippen LogP contribution in [0.5, 0.6) is 0 Å². The molecule has 0 aromatic carbocycles. The van der Waals surface area contributed by atoms with E-state index in [0.29, 0.717) is 6.42 Å². The molecule has 1 aliphatic carbocycles. The van der Waals surface area contributed by atoms with Crippen molar-refractivity contribution in [3.63, 3.8) is 0 Å². The summed E-state index contributed by atoms with van der Waals surface area (Å²) in [6.07, 6.45) is 0.945. The molecule has 0 aliphatic heterocycles. The number of aliphatic hydroxyl groups is 1. The summed E-state index contributed by atoms with van der Waals surface area (Å²) in [4.78, 5) is 33.8. The number of carbonyl (C=O) groups excluding carboxylic acids is 3. The summed E-state index contributed by atoms with van der Waals surface area (Å²) in [6.45, 7) is 1.62. The van der Waals surface area contributed by atoms with Crippen molar-refractivity contribution in [1.29, 1.82) is 0 Å². The number of rotatable bonds is 3.